The molecule has 0 radical (unpaired) electrons. The molecule has 2 unspecified atom stereocenters. The van der Waals surface area contributed by atoms with E-state index in [4.69, 9.17) is 0 Å². The monoisotopic (exact) mass is 159 g/mol. The summed E-state index contributed by atoms with van der Waals surface area (Å²) in [6.45, 7) is 4.58. The predicted molar refractivity (Wildman–Crippen MR) is 48.5 cm³/mol. The van der Waals surface area contributed by atoms with Gasteiger partial charge in [-0.05, 0) is 25.1 Å². The van der Waals surface area contributed by atoms with E-state index in [9.17, 15) is 0 Å². The first-order valence-electron chi connectivity index (χ1n) is 4.04. The molecule has 1 heterocycles. The quantitative estimate of drug-likeness (QED) is 0.673. The van der Waals surface area contributed by atoms with E-state index < -0.39 is 0 Å². The summed E-state index contributed by atoms with van der Waals surface area (Å²) in [6, 6.07) is 0.735. The number of nitrogens with one attached hydrogen (secondary N) is 1. The Labute approximate surface area is 68.0 Å². The number of hydrogen-bond donors (Lipinski definition) is 1. The molecule has 0 aromatic carbocycles. The molecular formula is C8H17NS. The lowest BCUT2D eigenvalue weighted by molar-refractivity contribution is 0.401. The molecule has 1 aliphatic heterocycles. The van der Waals surface area contributed by atoms with Gasteiger partial charge in [-0.2, -0.15) is 11.8 Å². The Morgan fingerprint density at radius 1 is 1.50 bits per heavy atom. The van der Waals surface area contributed by atoms with Crippen LogP contribution in [-0.2, 0) is 0 Å². The van der Waals surface area contributed by atoms with Gasteiger partial charge < -0.3 is 5.32 Å². The lowest BCUT2D eigenvalue weighted by Gasteiger charge is -2.35. The van der Waals surface area contributed by atoms with E-state index in [0.717, 1.165) is 17.2 Å². The van der Waals surface area contributed by atoms with E-state index in [-0.39, 0.29) is 0 Å². The van der Waals surface area contributed by atoms with E-state index in [1.807, 2.05) is 0 Å². The number of rotatable bonds is 3. The molecule has 0 aromatic rings. The second-order valence-corrected chi connectivity index (χ2v) is 4.60. The first-order chi connectivity index (χ1) is 4.75. The van der Waals surface area contributed by atoms with Crippen LogP contribution in [0.4, 0.5) is 0 Å². The molecule has 2 atom stereocenters. The summed E-state index contributed by atoms with van der Waals surface area (Å²) in [5.41, 5.74) is 0. The van der Waals surface area contributed by atoms with Gasteiger partial charge in [0.05, 0.1) is 0 Å². The zero-order chi connectivity index (χ0) is 7.56. The van der Waals surface area contributed by atoms with Gasteiger partial charge in [0, 0.05) is 11.3 Å². The first kappa shape index (κ1) is 8.41. The summed E-state index contributed by atoms with van der Waals surface area (Å²) < 4.78 is 0. The number of hydrogen-bond acceptors (Lipinski definition) is 2. The Morgan fingerprint density at radius 3 is 2.20 bits per heavy atom. The van der Waals surface area contributed by atoms with Crippen molar-refractivity contribution in [2.24, 2.45) is 5.92 Å². The molecular weight excluding hydrogens is 142 g/mol. The third-order valence-corrected chi connectivity index (χ3v) is 3.61. The van der Waals surface area contributed by atoms with Gasteiger partial charge in [0.2, 0.25) is 0 Å². The molecule has 0 aromatic heterocycles. The van der Waals surface area contributed by atoms with Crippen molar-refractivity contribution in [2.45, 2.75) is 31.6 Å². The van der Waals surface area contributed by atoms with Gasteiger partial charge in [-0.3, -0.25) is 0 Å². The summed E-state index contributed by atoms with van der Waals surface area (Å²) in [5.74, 6) is 2.15. The Hall–Kier alpha value is 0.310. The van der Waals surface area contributed by atoms with Gasteiger partial charge in [-0.15, -0.1) is 0 Å². The largest absolute Gasteiger partial charge is 0.316 e. The molecule has 1 saturated heterocycles. The molecule has 1 fully saturated rings. The Bertz CT molecular complexity index is 99.4. The highest BCUT2D eigenvalue weighted by Crippen LogP contribution is 2.32. The molecule has 60 valence electrons. The van der Waals surface area contributed by atoms with Crippen LogP contribution in [-0.4, -0.2) is 24.1 Å². The standard InChI is InChI=1S/C8H17NS/c1-6(2)8(9-3)7-4-5-10-7/h6-9H,4-5H2,1-3H3. The van der Waals surface area contributed by atoms with Crippen LogP contribution < -0.4 is 5.32 Å². The van der Waals surface area contributed by atoms with E-state index in [1.54, 1.807) is 0 Å². The lowest BCUT2D eigenvalue weighted by atomic mass is 9.99. The summed E-state index contributed by atoms with van der Waals surface area (Å²) in [5, 5.41) is 4.28. The fourth-order valence-electron chi connectivity index (χ4n) is 1.49. The van der Waals surface area contributed by atoms with Gasteiger partial charge in [0.15, 0.2) is 0 Å². The van der Waals surface area contributed by atoms with E-state index in [1.165, 1.54) is 12.2 Å². The summed E-state index contributed by atoms with van der Waals surface area (Å²) in [4.78, 5) is 0. The van der Waals surface area contributed by atoms with E-state index >= 15 is 0 Å². The SMILES string of the molecule is CNC(C(C)C)C1CCS1. The molecule has 0 bridgehead atoms. The van der Waals surface area contributed by atoms with Crippen LogP contribution in [0.2, 0.25) is 0 Å². The van der Waals surface area contributed by atoms with Crippen LogP contribution in [0.5, 0.6) is 0 Å². The van der Waals surface area contributed by atoms with Crippen LogP contribution in [0, 0.1) is 5.92 Å². The summed E-state index contributed by atoms with van der Waals surface area (Å²) in [7, 11) is 2.07. The van der Waals surface area contributed by atoms with Gasteiger partial charge >= 0.3 is 0 Å². The topological polar surface area (TPSA) is 12.0 Å². The van der Waals surface area contributed by atoms with Crippen molar-refractivity contribution >= 4 is 11.8 Å². The van der Waals surface area contributed by atoms with Crippen LogP contribution in [0.25, 0.3) is 0 Å². The molecule has 1 nitrogen and oxygen atoms in total. The van der Waals surface area contributed by atoms with Crippen LogP contribution in [0.15, 0.2) is 0 Å². The molecule has 0 saturated carbocycles. The van der Waals surface area contributed by atoms with Crippen LogP contribution >= 0.6 is 11.8 Å². The third-order valence-electron chi connectivity index (χ3n) is 2.19. The molecule has 1 rings (SSSR count). The minimum absolute atomic E-state index is 0.735. The molecule has 0 spiro atoms. The van der Waals surface area contributed by atoms with Crippen molar-refractivity contribution in [1.29, 1.82) is 0 Å². The minimum Gasteiger partial charge on any atom is -0.316 e. The van der Waals surface area contributed by atoms with Crippen molar-refractivity contribution in [1.82, 2.24) is 5.32 Å². The third kappa shape index (κ3) is 1.67. The molecule has 0 amide bonds. The zero-order valence-electron chi connectivity index (χ0n) is 7.05. The highest BCUT2D eigenvalue weighted by molar-refractivity contribution is 8.01. The maximum atomic E-state index is 3.38. The van der Waals surface area contributed by atoms with Gasteiger partial charge in [0.25, 0.3) is 0 Å². The smallest absolute Gasteiger partial charge is 0.0211 e. The first-order valence-corrected chi connectivity index (χ1v) is 5.09. The van der Waals surface area contributed by atoms with Gasteiger partial charge in [-0.1, -0.05) is 13.8 Å². The Morgan fingerprint density at radius 2 is 2.10 bits per heavy atom. The zero-order valence-corrected chi connectivity index (χ0v) is 7.87. The predicted octanol–water partition coefficient (Wildman–Crippen LogP) is 1.74. The molecule has 2 heteroatoms. The second kappa shape index (κ2) is 3.63. The maximum Gasteiger partial charge on any atom is 0.0211 e. The van der Waals surface area contributed by atoms with Crippen molar-refractivity contribution in [3.63, 3.8) is 0 Å². The van der Waals surface area contributed by atoms with Crippen molar-refractivity contribution in [3.05, 3.63) is 0 Å². The van der Waals surface area contributed by atoms with Gasteiger partial charge in [-0.25, -0.2) is 0 Å². The Balaban J connectivity index is 2.31. The lowest BCUT2D eigenvalue weighted by Crippen LogP contribution is -2.43. The van der Waals surface area contributed by atoms with Crippen LogP contribution in [0.3, 0.4) is 0 Å². The maximum absolute atomic E-state index is 3.38. The fourth-order valence-corrected chi connectivity index (χ4v) is 2.65. The van der Waals surface area contributed by atoms with Crippen molar-refractivity contribution < 1.29 is 0 Å². The summed E-state index contributed by atoms with van der Waals surface area (Å²) in [6.07, 6.45) is 1.41. The van der Waals surface area contributed by atoms with Crippen molar-refractivity contribution in [3.8, 4) is 0 Å². The normalized spacial score (nSPS) is 28.2. The Kier molecular flexibility index (Phi) is 3.05. The molecule has 1 N–H and O–H groups in total. The number of thioether (sulfide) groups is 1. The molecule has 1 aliphatic rings. The van der Waals surface area contributed by atoms with Gasteiger partial charge in [0.1, 0.15) is 0 Å². The molecule has 10 heavy (non-hydrogen) atoms. The average Bonchev–Trinajstić information content (AvgIpc) is 1.76. The fraction of sp³-hybridized carbons (Fsp3) is 1.00. The highest BCUT2D eigenvalue weighted by Gasteiger charge is 2.28. The van der Waals surface area contributed by atoms with Crippen LogP contribution in [0.1, 0.15) is 20.3 Å². The van der Waals surface area contributed by atoms with E-state index in [0.29, 0.717) is 0 Å². The second-order valence-electron chi connectivity index (χ2n) is 3.26. The van der Waals surface area contributed by atoms with E-state index in [2.05, 4.69) is 38.0 Å². The van der Waals surface area contributed by atoms with Crippen molar-refractivity contribution in [2.75, 3.05) is 12.8 Å². The minimum atomic E-state index is 0.735. The average molecular weight is 159 g/mol. The summed E-state index contributed by atoms with van der Waals surface area (Å²) >= 11 is 2.10. The highest BCUT2D eigenvalue weighted by atomic mass is 32.2. The molecule has 0 aliphatic carbocycles.